The highest BCUT2D eigenvalue weighted by molar-refractivity contribution is 7.75. The molecule has 100 valence electrons. The number of hydrogen-bond acceptors (Lipinski definition) is 2. The molecule has 0 saturated carbocycles. The van der Waals surface area contributed by atoms with Crippen LogP contribution in [0.4, 0.5) is 0 Å². The van der Waals surface area contributed by atoms with Gasteiger partial charge in [0.15, 0.2) is 8.32 Å². The maximum Gasteiger partial charge on any atom is 0.251 e. The van der Waals surface area contributed by atoms with Crippen LogP contribution < -0.4 is 10.6 Å². The van der Waals surface area contributed by atoms with Crippen LogP contribution in [-0.4, -0.2) is 8.32 Å². The van der Waals surface area contributed by atoms with Gasteiger partial charge in [0.2, 0.25) is 0 Å². The Morgan fingerprint density at radius 3 is 1.47 bits per heavy atom. The predicted molar refractivity (Wildman–Crippen MR) is 84.2 cm³/mol. The van der Waals surface area contributed by atoms with Crippen molar-refractivity contribution in [3.63, 3.8) is 0 Å². The van der Waals surface area contributed by atoms with Gasteiger partial charge in [0, 0.05) is 10.6 Å². The monoisotopic (exact) mass is 290 g/mol. The van der Waals surface area contributed by atoms with Gasteiger partial charge >= 0.3 is 0 Å². The Morgan fingerprint density at radius 1 is 0.789 bits per heavy atom. The van der Waals surface area contributed by atoms with Crippen LogP contribution in [0.1, 0.15) is 0 Å². The zero-order chi connectivity index (χ0) is 13.9. The van der Waals surface area contributed by atoms with Crippen molar-refractivity contribution in [1.82, 2.24) is 0 Å². The summed E-state index contributed by atoms with van der Waals surface area (Å²) in [6, 6.07) is 19.0. The summed E-state index contributed by atoms with van der Waals surface area (Å²) in [5.41, 5.74) is 0. The molecule has 4 heteroatoms. The molecule has 2 rings (SSSR count). The molecule has 2 aromatic carbocycles. The van der Waals surface area contributed by atoms with Gasteiger partial charge in [0.05, 0.1) is 0 Å². The lowest BCUT2D eigenvalue weighted by Gasteiger charge is -2.27. The maximum atomic E-state index is 13.4. The van der Waals surface area contributed by atoms with Crippen molar-refractivity contribution in [2.45, 2.75) is 19.6 Å². The number of hydrogen-bond donors (Lipinski definition) is 0. The van der Waals surface area contributed by atoms with Crippen LogP contribution in [0, 0.1) is 0 Å². The summed E-state index contributed by atoms with van der Waals surface area (Å²) in [6.45, 7) is 6.18. The summed E-state index contributed by atoms with van der Waals surface area (Å²) < 4.78 is 19.5. The molecule has 0 atom stereocenters. The summed E-state index contributed by atoms with van der Waals surface area (Å²) >= 11 is 0. The van der Waals surface area contributed by atoms with E-state index in [-0.39, 0.29) is 0 Å². The van der Waals surface area contributed by atoms with E-state index in [4.69, 9.17) is 4.21 Å². The third kappa shape index (κ3) is 3.44. The molecular weight excluding hydrogens is 271 g/mol. The first kappa shape index (κ1) is 14.3. The van der Waals surface area contributed by atoms with E-state index >= 15 is 0 Å². The van der Waals surface area contributed by atoms with Crippen LogP contribution in [-0.2, 0) is 8.78 Å². The second kappa shape index (κ2) is 5.46. The molecule has 0 saturated heterocycles. The van der Waals surface area contributed by atoms with E-state index in [9.17, 15) is 4.57 Å². The molecule has 0 unspecified atom stereocenters. The largest absolute Gasteiger partial charge is 0.364 e. The zero-order valence-electron chi connectivity index (χ0n) is 11.5. The minimum absolute atomic E-state index is 0.767. The van der Waals surface area contributed by atoms with Gasteiger partial charge in [-0.25, -0.2) is 0 Å². The van der Waals surface area contributed by atoms with Crippen molar-refractivity contribution in [3.05, 3.63) is 60.7 Å². The molecule has 19 heavy (non-hydrogen) atoms. The fourth-order valence-electron chi connectivity index (χ4n) is 1.89. The molecule has 0 amide bonds. The van der Waals surface area contributed by atoms with E-state index in [1.54, 1.807) is 0 Å². The second-order valence-corrected chi connectivity index (χ2v) is 12.5. The van der Waals surface area contributed by atoms with E-state index in [1.807, 2.05) is 60.7 Å². The van der Waals surface area contributed by atoms with Crippen LogP contribution in [0.3, 0.4) is 0 Å². The van der Waals surface area contributed by atoms with Gasteiger partial charge in [-0.3, -0.25) is 4.57 Å². The average molecular weight is 290 g/mol. The average Bonchev–Trinajstić information content (AvgIpc) is 2.39. The molecule has 0 aliphatic carbocycles. The van der Waals surface area contributed by atoms with Crippen molar-refractivity contribution in [3.8, 4) is 0 Å². The highest BCUT2D eigenvalue weighted by Crippen LogP contribution is 2.47. The molecule has 0 heterocycles. The van der Waals surface area contributed by atoms with E-state index in [0.717, 1.165) is 10.6 Å². The lowest BCUT2D eigenvalue weighted by Crippen LogP contribution is -2.30. The van der Waals surface area contributed by atoms with Crippen molar-refractivity contribution in [1.29, 1.82) is 0 Å². The van der Waals surface area contributed by atoms with Gasteiger partial charge < -0.3 is 4.21 Å². The SMILES string of the molecule is C[Si](C)(C)OP(=O)(c1ccccc1)c1ccccc1. The maximum absolute atomic E-state index is 13.4. The smallest absolute Gasteiger partial charge is 0.251 e. The third-order valence-electron chi connectivity index (χ3n) is 2.59. The number of rotatable bonds is 4. The van der Waals surface area contributed by atoms with Crippen molar-refractivity contribution in [2.24, 2.45) is 0 Å². The van der Waals surface area contributed by atoms with Crippen LogP contribution in [0.2, 0.25) is 19.6 Å². The molecule has 2 nitrogen and oxygen atoms in total. The summed E-state index contributed by atoms with van der Waals surface area (Å²) in [7, 11) is -4.91. The Kier molecular flexibility index (Phi) is 4.09. The summed E-state index contributed by atoms with van der Waals surface area (Å²) in [5, 5.41) is 1.53. The highest BCUT2D eigenvalue weighted by atomic mass is 31.2. The molecule has 0 aromatic heterocycles. The first-order chi connectivity index (χ1) is 8.92. The van der Waals surface area contributed by atoms with Gasteiger partial charge in [-0.2, -0.15) is 0 Å². The molecule has 0 aliphatic rings. The summed E-state index contributed by atoms with van der Waals surface area (Å²) in [5.74, 6) is 0. The van der Waals surface area contributed by atoms with Gasteiger partial charge in [-0.05, 0) is 43.9 Å². The first-order valence-electron chi connectivity index (χ1n) is 6.34. The minimum Gasteiger partial charge on any atom is -0.364 e. The Bertz CT molecular complexity index is 533. The highest BCUT2D eigenvalue weighted by Gasteiger charge is 2.33. The van der Waals surface area contributed by atoms with Crippen LogP contribution in [0.5, 0.6) is 0 Å². The fourth-order valence-corrected chi connectivity index (χ4v) is 7.24. The van der Waals surface area contributed by atoms with E-state index in [2.05, 4.69) is 19.6 Å². The Hall–Kier alpha value is -1.15. The molecule has 0 aliphatic heterocycles. The Labute approximate surface area is 116 Å². The first-order valence-corrected chi connectivity index (χ1v) is 11.4. The molecule has 0 fully saturated rings. The quantitative estimate of drug-likeness (QED) is 0.633. The Balaban J connectivity index is 2.55. The van der Waals surface area contributed by atoms with Crippen LogP contribution in [0.25, 0.3) is 0 Å². The molecular formula is C15H19O2PSi. The summed E-state index contributed by atoms with van der Waals surface area (Å²) in [6.07, 6.45) is 0. The lowest BCUT2D eigenvalue weighted by atomic mass is 10.4. The molecule has 0 radical (unpaired) electrons. The molecule has 0 N–H and O–H groups in total. The minimum atomic E-state index is -2.98. The van der Waals surface area contributed by atoms with Crippen molar-refractivity contribution >= 4 is 26.3 Å². The molecule has 0 bridgehead atoms. The molecule has 2 aromatic rings. The van der Waals surface area contributed by atoms with Crippen molar-refractivity contribution in [2.75, 3.05) is 0 Å². The Morgan fingerprint density at radius 2 is 1.16 bits per heavy atom. The van der Waals surface area contributed by atoms with E-state index < -0.39 is 15.7 Å². The lowest BCUT2D eigenvalue weighted by molar-refractivity contribution is 0.502. The van der Waals surface area contributed by atoms with E-state index in [1.165, 1.54) is 0 Å². The fraction of sp³-hybridized carbons (Fsp3) is 0.200. The zero-order valence-corrected chi connectivity index (χ0v) is 13.4. The van der Waals surface area contributed by atoms with Gasteiger partial charge in [0.25, 0.3) is 7.37 Å². The third-order valence-corrected chi connectivity index (χ3v) is 7.77. The standard InChI is InChI=1S/C15H19O2PSi/c1-19(2,3)17-18(16,14-10-6-4-7-11-14)15-12-8-5-9-13-15/h4-13H,1-3H3. The topological polar surface area (TPSA) is 26.3 Å². The van der Waals surface area contributed by atoms with Gasteiger partial charge in [-0.15, -0.1) is 0 Å². The van der Waals surface area contributed by atoms with Gasteiger partial charge in [0.1, 0.15) is 0 Å². The van der Waals surface area contributed by atoms with Crippen molar-refractivity contribution < 1.29 is 8.78 Å². The van der Waals surface area contributed by atoms with E-state index in [0.29, 0.717) is 0 Å². The second-order valence-electron chi connectivity index (χ2n) is 5.43. The van der Waals surface area contributed by atoms with Gasteiger partial charge in [-0.1, -0.05) is 36.4 Å². The predicted octanol–water partition coefficient (Wildman–Crippen LogP) is 3.77. The van der Waals surface area contributed by atoms with Crippen LogP contribution in [0.15, 0.2) is 60.7 Å². The summed E-state index contributed by atoms with van der Waals surface area (Å²) in [4.78, 5) is 0. The number of benzene rings is 2. The normalized spacial score (nSPS) is 12.4. The molecule has 0 spiro atoms. The van der Waals surface area contributed by atoms with Crippen LogP contribution >= 0.6 is 7.37 Å².